The van der Waals surface area contributed by atoms with Crippen LogP contribution in [0.4, 0.5) is 5.69 Å². The standard InChI is InChI=1S/C24H26N2O3/c1-18-11-13-21(14-12-18)26-24(27)17-29-23-10-6-4-8-20(23)16-25-15-19-7-3-5-9-22(19)28-2/h3-14,25H,15-17H2,1-2H3,(H,26,27). The topological polar surface area (TPSA) is 59.6 Å². The molecule has 1 amide bonds. The van der Waals surface area contributed by atoms with E-state index >= 15 is 0 Å². The van der Waals surface area contributed by atoms with Gasteiger partial charge in [0.15, 0.2) is 6.61 Å². The maximum atomic E-state index is 12.2. The average Bonchev–Trinajstić information content (AvgIpc) is 2.75. The summed E-state index contributed by atoms with van der Waals surface area (Å²) in [5.74, 6) is 1.36. The molecule has 0 spiro atoms. The van der Waals surface area contributed by atoms with E-state index in [4.69, 9.17) is 9.47 Å². The lowest BCUT2D eigenvalue weighted by Gasteiger charge is -2.13. The van der Waals surface area contributed by atoms with E-state index in [0.29, 0.717) is 18.8 Å². The molecule has 0 fully saturated rings. The first-order valence-corrected chi connectivity index (χ1v) is 9.55. The van der Waals surface area contributed by atoms with Crippen molar-refractivity contribution < 1.29 is 14.3 Å². The molecule has 0 aliphatic carbocycles. The van der Waals surface area contributed by atoms with Crippen LogP contribution in [-0.2, 0) is 17.9 Å². The summed E-state index contributed by atoms with van der Waals surface area (Å²) in [4.78, 5) is 12.2. The summed E-state index contributed by atoms with van der Waals surface area (Å²) in [6, 6.07) is 23.3. The summed E-state index contributed by atoms with van der Waals surface area (Å²) in [5.41, 5.74) is 3.99. The second kappa shape index (κ2) is 10.3. The number of anilines is 1. The lowest BCUT2D eigenvalue weighted by Crippen LogP contribution is -2.21. The maximum Gasteiger partial charge on any atom is 0.262 e. The minimum absolute atomic E-state index is 0.0442. The van der Waals surface area contributed by atoms with Gasteiger partial charge in [-0.05, 0) is 31.2 Å². The Morgan fingerprint density at radius 2 is 1.41 bits per heavy atom. The molecule has 5 nitrogen and oxygen atoms in total. The minimum Gasteiger partial charge on any atom is -0.496 e. The zero-order chi connectivity index (χ0) is 20.5. The third-order valence-electron chi connectivity index (χ3n) is 4.49. The van der Waals surface area contributed by atoms with Crippen LogP contribution in [0.25, 0.3) is 0 Å². The fraction of sp³-hybridized carbons (Fsp3) is 0.208. The van der Waals surface area contributed by atoms with Gasteiger partial charge in [-0.25, -0.2) is 0 Å². The number of hydrogen-bond acceptors (Lipinski definition) is 4. The summed E-state index contributed by atoms with van der Waals surface area (Å²) < 4.78 is 11.1. The van der Waals surface area contributed by atoms with Crippen molar-refractivity contribution in [2.75, 3.05) is 19.0 Å². The van der Waals surface area contributed by atoms with E-state index in [9.17, 15) is 4.79 Å². The van der Waals surface area contributed by atoms with Crippen LogP contribution >= 0.6 is 0 Å². The van der Waals surface area contributed by atoms with Gasteiger partial charge < -0.3 is 20.1 Å². The molecular formula is C24H26N2O3. The third kappa shape index (κ3) is 6.09. The fourth-order valence-corrected chi connectivity index (χ4v) is 2.95. The molecule has 5 heteroatoms. The molecule has 0 bridgehead atoms. The molecular weight excluding hydrogens is 364 g/mol. The monoisotopic (exact) mass is 390 g/mol. The molecule has 0 radical (unpaired) electrons. The fourth-order valence-electron chi connectivity index (χ4n) is 2.95. The normalized spacial score (nSPS) is 10.4. The molecule has 29 heavy (non-hydrogen) atoms. The molecule has 0 saturated heterocycles. The number of amides is 1. The Morgan fingerprint density at radius 3 is 2.07 bits per heavy atom. The highest BCUT2D eigenvalue weighted by Gasteiger charge is 2.08. The van der Waals surface area contributed by atoms with Gasteiger partial charge >= 0.3 is 0 Å². The summed E-state index contributed by atoms with van der Waals surface area (Å²) >= 11 is 0. The van der Waals surface area contributed by atoms with Gasteiger partial charge in [-0.1, -0.05) is 54.1 Å². The SMILES string of the molecule is COc1ccccc1CNCc1ccccc1OCC(=O)Nc1ccc(C)cc1. The van der Waals surface area contributed by atoms with Crippen LogP contribution in [0.5, 0.6) is 11.5 Å². The number of hydrogen-bond donors (Lipinski definition) is 2. The van der Waals surface area contributed by atoms with Crippen LogP contribution in [0.15, 0.2) is 72.8 Å². The van der Waals surface area contributed by atoms with Crippen LogP contribution in [0.2, 0.25) is 0 Å². The van der Waals surface area contributed by atoms with Crippen molar-refractivity contribution in [2.45, 2.75) is 20.0 Å². The van der Waals surface area contributed by atoms with E-state index in [1.165, 1.54) is 0 Å². The highest BCUT2D eigenvalue weighted by molar-refractivity contribution is 5.91. The van der Waals surface area contributed by atoms with Crippen LogP contribution < -0.4 is 20.1 Å². The number of benzene rings is 3. The average molecular weight is 390 g/mol. The second-order valence-electron chi connectivity index (χ2n) is 6.73. The molecule has 3 rings (SSSR count). The Balaban J connectivity index is 1.53. The lowest BCUT2D eigenvalue weighted by atomic mass is 10.1. The molecule has 3 aromatic rings. The Morgan fingerprint density at radius 1 is 0.828 bits per heavy atom. The summed E-state index contributed by atoms with van der Waals surface area (Å²) in [7, 11) is 1.67. The molecule has 150 valence electrons. The van der Waals surface area contributed by atoms with E-state index in [-0.39, 0.29) is 12.5 Å². The van der Waals surface area contributed by atoms with Gasteiger partial charge in [-0.2, -0.15) is 0 Å². The van der Waals surface area contributed by atoms with Crippen LogP contribution in [0, 0.1) is 6.92 Å². The van der Waals surface area contributed by atoms with Gasteiger partial charge in [-0.3, -0.25) is 4.79 Å². The Kier molecular flexibility index (Phi) is 7.25. The molecule has 0 aliphatic heterocycles. The third-order valence-corrected chi connectivity index (χ3v) is 4.49. The number of carbonyl (C=O) groups excluding carboxylic acids is 1. The van der Waals surface area contributed by atoms with Crippen molar-refractivity contribution in [2.24, 2.45) is 0 Å². The number of para-hydroxylation sites is 2. The van der Waals surface area contributed by atoms with Crippen molar-refractivity contribution in [3.8, 4) is 11.5 Å². The van der Waals surface area contributed by atoms with E-state index in [1.807, 2.05) is 79.7 Å². The smallest absolute Gasteiger partial charge is 0.262 e. The number of aryl methyl sites for hydroxylation is 1. The first kappa shape index (κ1) is 20.4. The quantitative estimate of drug-likeness (QED) is 0.572. The van der Waals surface area contributed by atoms with Crippen molar-refractivity contribution in [3.05, 3.63) is 89.5 Å². The lowest BCUT2D eigenvalue weighted by molar-refractivity contribution is -0.118. The van der Waals surface area contributed by atoms with Gasteiger partial charge in [0.05, 0.1) is 7.11 Å². The number of carbonyl (C=O) groups is 1. The Bertz CT molecular complexity index is 939. The number of ether oxygens (including phenoxy) is 2. The van der Waals surface area contributed by atoms with Crippen LogP contribution in [0.3, 0.4) is 0 Å². The van der Waals surface area contributed by atoms with Gasteiger partial charge in [0.25, 0.3) is 5.91 Å². The van der Waals surface area contributed by atoms with Gasteiger partial charge in [0, 0.05) is 29.9 Å². The van der Waals surface area contributed by atoms with Gasteiger partial charge in [-0.15, -0.1) is 0 Å². The predicted molar refractivity (Wildman–Crippen MR) is 115 cm³/mol. The van der Waals surface area contributed by atoms with Crippen molar-refractivity contribution in [1.29, 1.82) is 0 Å². The van der Waals surface area contributed by atoms with E-state index in [1.54, 1.807) is 7.11 Å². The number of nitrogens with one attached hydrogen (secondary N) is 2. The molecule has 0 heterocycles. The second-order valence-corrected chi connectivity index (χ2v) is 6.73. The maximum absolute atomic E-state index is 12.2. The van der Waals surface area contributed by atoms with Crippen LogP contribution in [-0.4, -0.2) is 19.6 Å². The van der Waals surface area contributed by atoms with Gasteiger partial charge in [0.2, 0.25) is 0 Å². The highest BCUT2D eigenvalue weighted by Crippen LogP contribution is 2.20. The molecule has 0 aromatic heterocycles. The highest BCUT2D eigenvalue weighted by atomic mass is 16.5. The molecule has 0 aliphatic rings. The molecule has 3 aromatic carbocycles. The molecule has 0 saturated carbocycles. The predicted octanol–water partition coefficient (Wildman–Crippen LogP) is 4.31. The van der Waals surface area contributed by atoms with E-state index in [0.717, 1.165) is 28.1 Å². The zero-order valence-corrected chi connectivity index (χ0v) is 16.8. The number of methoxy groups -OCH3 is 1. The molecule has 2 N–H and O–H groups in total. The van der Waals surface area contributed by atoms with Crippen molar-refractivity contribution >= 4 is 11.6 Å². The zero-order valence-electron chi connectivity index (χ0n) is 16.8. The summed E-state index contributed by atoms with van der Waals surface area (Å²) in [6.07, 6.45) is 0. The number of rotatable bonds is 9. The van der Waals surface area contributed by atoms with E-state index < -0.39 is 0 Å². The van der Waals surface area contributed by atoms with E-state index in [2.05, 4.69) is 10.6 Å². The Labute approximate surface area is 171 Å². The first-order chi connectivity index (χ1) is 14.2. The molecule has 0 unspecified atom stereocenters. The summed E-state index contributed by atoms with van der Waals surface area (Å²) in [5, 5.41) is 6.25. The molecule has 0 atom stereocenters. The van der Waals surface area contributed by atoms with Gasteiger partial charge in [0.1, 0.15) is 11.5 Å². The van der Waals surface area contributed by atoms with Crippen molar-refractivity contribution in [1.82, 2.24) is 5.32 Å². The first-order valence-electron chi connectivity index (χ1n) is 9.55. The van der Waals surface area contributed by atoms with Crippen LogP contribution in [0.1, 0.15) is 16.7 Å². The largest absolute Gasteiger partial charge is 0.496 e. The van der Waals surface area contributed by atoms with Crippen molar-refractivity contribution in [3.63, 3.8) is 0 Å². The Hall–Kier alpha value is -3.31. The summed E-state index contributed by atoms with van der Waals surface area (Å²) in [6.45, 7) is 3.25. The minimum atomic E-state index is -0.189.